The molecule has 1 aromatic heterocycles. The number of aromatic nitrogens is 1. The molecular formula is C29H25FN2O. The van der Waals surface area contributed by atoms with Crippen LogP contribution in [0.2, 0.25) is 0 Å². The van der Waals surface area contributed by atoms with Gasteiger partial charge in [-0.1, -0.05) is 23.8 Å². The van der Waals surface area contributed by atoms with Crippen LogP contribution >= 0.6 is 0 Å². The summed E-state index contributed by atoms with van der Waals surface area (Å²) in [6.07, 6.45) is 6.10. The van der Waals surface area contributed by atoms with E-state index in [1.165, 1.54) is 17.2 Å². The second-order valence-corrected chi connectivity index (χ2v) is 8.43. The zero-order valence-corrected chi connectivity index (χ0v) is 19.2. The van der Waals surface area contributed by atoms with Gasteiger partial charge in [-0.15, -0.1) is 0 Å². The lowest BCUT2D eigenvalue weighted by atomic mass is 10.0. The number of halogens is 1. The Labute approximate surface area is 193 Å². The summed E-state index contributed by atoms with van der Waals surface area (Å²) < 4.78 is 21.7. The first kappa shape index (κ1) is 21.0. The van der Waals surface area contributed by atoms with Gasteiger partial charge in [-0.2, -0.15) is 0 Å². The number of benzene rings is 3. The Balaban J connectivity index is 1.63. The molecule has 164 valence electrons. The van der Waals surface area contributed by atoms with Gasteiger partial charge in [0.25, 0.3) is 0 Å². The molecule has 1 aliphatic rings. The molecule has 1 aliphatic heterocycles. The molecule has 5 rings (SSSR count). The number of rotatable bonds is 4. The van der Waals surface area contributed by atoms with E-state index < -0.39 is 0 Å². The molecule has 0 unspecified atom stereocenters. The number of aliphatic imine (C=N–C) groups is 1. The molecule has 0 saturated carbocycles. The third-order valence-electron chi connectivity index (χ3n) is 6.18. The molecule has 0 N–H and O–H groups in total. The van der Waals surface area contributed by atoms with E-state index in [9.17, 15) is 4.39 Å². The van der Waals surface area contributed by atoms with Crippen molar-refractivity contribution < 1.29 is 9.13 Å². The van der Waals surface area contributed by atoms with Crippen molar-refractivity contribution in [3.8, 4) is 17.0 Å². The maximum Gasteiger partial charge on any atom is 0.123 e. The summed E-state index contributed by atoms with van der Waals surface area (Å²) in [5.41, 5.74) is 8.29. The van der Waals surface area contributed by atoms with Gasteiger partial charge < -0.3 is 9.30 Å². The van der Waals surface area contributed by atoms with Crippen molar-refractivity contribution in [3.05, 3.63) is 107 Å². The number of ether oxygens (including phenoxy) is 1. The summed E-state index contributed by atoms with van der Waals surface area (Å²) in [5.74, 6) is 0.581. The number of nitrogens with zero attached hydrogens (tertiary/aromatic N) is 2. The monoisotopic (exact) mass is 436 g/mol. The first-order chi connectivity index (χ1) is 15.9. The Kier molecular flexibility index (Phi) is 5.21. The lowest BCUT2D eigenvalue weighted by molar-refractivity contribution is 0.415. The van der Waals surface area contributed by atoms with Crippen LogP contribution in [-0.2, 0) is 7.05 Å². The van der Waals surface area contributed by atoms with E-state index in [-0.39, 0.29) is 5.82 Å². The molecule has 4 aromatic rings. The average Bonchev–Trinajstić information content (AvgIpc) is 3.37. The fourth-order valence-electron chi connectivity index (χ4n) is 4.52. The second-order valence-electron chi connectivity index (χ2n) is 8.43. The number of hydrogen-bond donors (Lipinski definition) is 0. The predicted molar refractivity (Wildman–Crippen MR) is 134 cm³/mol. The van der Waals surface area contributed by atoms with Gasteiger partial charge in [-0.3, -0.25) is 0 Å². The molecule has 0 aliphatic carbocycles. The second kappa shape index (κ2) is 8.21. The first-order valence-electron chi connectivity index (χ1n) is 10.9. The van der Waals surface area contributed by atoms with Gasteiger partial charge >= 0.3 is 0 Å². The standard InChI is InChI=1S/C29H25FN2O/c1-18-5-12-24(19(2)15-18)29-26-16-21(30)8-13-25(26)28(32(29)3)17-22-9-14-27(31-22)20-6-10-23(33-4)11-7-20/h5-17H,1-4H3/b22-17-. The molecule has 33 heavy (non-hydrogen) atoms. The third-order valence-corrected chi connectivity index (χ3v) is 6.18. The van der Waals surface area contributed by atoms with Gasteiger partial charge in [-0.05, 0) is 80.1 Å². The topological polar surface area (TPSA) is 26.5 Å². The maximum absolute atomic E-state index is 14.3. The van der Waals surface area contributed by atoms with E-state index in [1.54, 1.807) is 13.2 Å². The molecule has 0 atom stereocenters. The van der Waals surface area contributed by atoms with Gasteiger partial charge in [-0.25, -0.2) is 9.38 Å². The number of methoxy groups -OCH3 is 1. The van der Waals surface area contributed by atoms with Crippen molar-refractivity contribution in [3.63, 3.8) is 0 Å². The van der Waals surface area contributed by atoms with Crippen LogP contribution in [0.3, 0.4) is 0 Å². The van der Waals surface area contributed by atoms with Crippen LogP contribution in [0.5, 0.6) is 5.75 Å². The fourth-order valence-corrected chi connectivity index (χ4v) is 4.52. The van der Waals surface area contributed by atoms with Crippen LogP contribution < -0.4 is 4.74 Å². The minimum atomic E-state index is -0.237. The van der Waals surface area contributed by atoms with E-state index >= 15 is 0 Å². The Morgan fingerprint density at radius 1 is 0.909 bits per heavy atom. The highest BCUT2D eigenvalue weighted by molar-refractivity contribution is 6.12. The zero-order chi connectivity index (χ0) is 23.1. The molecule has 0 fully saturated rings. The molecule has 0 spiro atoms. The highest BCUT2D eigenvalue weighted by Crippen LogP contribution is 2.37. The van der Waals surface area contributed by atoms with E-state index in [1.807, 2.05) is 49.5 Å². The van der Waals surface area contributed by atoms with Crippen LogP contribution in [0, 0.1) is 19.7 Å². The summed E-state index contributed by atoms with van der Waals surface area (Å²) >= 11 is 0. The predicted octanol–water partition coefficient (Wildman–Crippen LogP) is 7.01. The summed E-state index contributed by atoms with van der Waals surface area (Å²) in [5, 5.41) is 1.90. The number of aryl methyl sites for hydroxylation is 2. The van der Waals surface area contributed by atoms with Crippen LogP contribution in [0.15, 0.2) is 83.5 Å². The summed E-state index contributed by atoms with van der Waals surface area (Å²) in [4.78, 5) is 4.82. The SMILES string of the molecule is COc1ccc(C2=N/C(=C\c3c4ccc(F)cc4c(-c4ccc(C)cc4C)n3C)C=C2)cc1. The Morgan fingerprint density at radius 3 is 2.42 bits per heavy atom. The van der Waals surface area contributed by atoms with Crippen molar-refractivity contribution in [1.29, 1.82) is 0 Å². The molecule has 0 saturated heterocycles. The summed E-state index contributed by atoms with van der Waals surface area (Å²) in [7, 11) is 3.69. The highest BCUT2D eigenvalue weighted by atomic mass is 19.1. The Hall–Kier alpha value is -3.92. The highest BCUT2D eigenvalue weighted by Gasteiger charge is 2.18. The molecule has 2 heterocycles. The molecule has 0 radical (unpaired) electrons. The Bertz CT molecular complexity index is 1470. The van der Waals surface area contributed by atoms with Gasteiger partial charge in [0.15, 0.2) is 0 Å². The molecule has 0 amide bonds. The Morgan fingerprint density at radius 2 is 1.70 bits per heavy atom. The lowest BCUT2D eigenvalue weighted by Crippen LogP contribution is -1.97. The fraction of sp³-hybridized carbons (Fsp3) is 0.138. The number of allylic oxidation sites excluding steroid dienone is 2. The zero-order valence-electron chi connectivity index (χ0n) is 19.2. The molecule has 0 bridgehead atoms. The van der Waals surface area contributed by atoms with Crippen LogP contribution in [0.1, 0.15) is 22.4 Å². The smallest absolute Gasteiger partial charge is 0.123 e. The summed E-state index contributed by atoms with van der Waals surface area (Å²) in [6.45, 7) is 4.18. The lowest BCUT2D eigenvalue weighted by Gasteiger charge is -2.10. The van der Waals surface area contributed by atoms with Crippen molar-refractivity contribution >= 4 is 22.6 Å². The van der Waals surface area contributed by atoms with Crippen LogP contribution in [0.25, 0.3) is 28.1 Å². The van der Waals surface area contributed by atoms with E-state index in [2.05, 4.69) is 42.7 Å². The number of fused-ring (bicyclic) bond motifs is 1. The van der Waals surface area contributed by atoms with Gasteiger partial charge in [0, 0.05) is 28.9 Å². The number of hydrogen-bond acceptors (Lipinski definition) is 2. The van der Waals surface area contributed by atoms with Crippen molar-refractivity contribution in [1.82, 2.24) is 4.57 Å². The minimum absolute atomic E-state index is 0.237. The van der Waals surface area contributed by atoms with E-state index in [0.717, 1.165) is 50.4 Å². The molecule has 4 heteroatoms. The van der Waals surface area contributed by atoms with E-state index in [0.29, 0.717) is 0 Å². The van der Waals surface area contributed by atoms with Crippen LogP contribution in [-0.4, -0.2) is 17.4 Å². The maximum atomic E-state index is 14.3. The van der Waals surface area contributed by atoms with Crippen LogP contribution in [0.4, 0.5) is 4.39 Å². The van der Waals surface area contributed by atoms with Gasteiger partial charge in [0.2, 0.25) is 0 Å². The van der Waals surface area contributed by atoms with Crippen molar-refractivity contribution in [2.75, 3.05) is 7.11 Å². The van der Waals surface area contributed by atoms with Gasteiger partial charge in [0.1, 0.15) is 11.6 Å². The molecule has 3 aromatic carbocycles. The first-order valence-corrected chi connectivity index (χ1v) is 10.9. The quantitative estimate of drug-likeness (QED) is 0.338. The minimum Gasteiger partial charge on any atom is -0.497 e. The normalized spacial score (nSPS) is 14.3. The van der Waals surface area contributed by atoms with Crippen molar-refractivity contribution in [2.24, 2.45) is 12.0 Å². The van der Waals surface area contributed by atoms with Gasteiger partial charge in [0.05, 0.1) is 29.9 Å². The molecular weight excluding hydrogens is 411 g/mol. The third kappa shape index (κ3) is 3.78. The van der Waals surface area contributed by atoms with Crippen molar-refractivity contribution in [2.45, 2.75) is 13.8 Å². The average molecular weight is 437 g/mol. The summed E-state index contributed by atoms with van der Waals surface area (Å²) in [6, 6.07) is 19.3. The molecule has 3 nitrogen and oxygen atoms in total. The van der Waals surface area contributed by atoms with E-state index in [4.69, 9.17) is 9.73 Å². The largest absolute Gasteiger partial charge is 0.497 e.